The first-order chi connectivity index (χ1) is 34.6. The number of fused-ring (bicyclic) bond motifs is 10. The van der Waals surface area contributed by atoms with Crippen LogP contribution in [-0.4, -0.2) is 6.85 Å². The summed E-state index contributed by atoms with van der Waals surface area (Å²) < 4.78 is 6.88. The van der Waals surface area contributed by atoms with Crippen molar-refractivity contribution in [2.75, 3.05) is 14.6 Å². The molecule has 3 aliphatic heterocycles. The molecule has 0 amide bonds. The zero-order valence-corrected chi connectivity index (χ0v) is 45.2. The molecule has 1 aliphatic carbocycles. The maximum Gasteiger partial charge on any atom is 0.333 e. The molecule has 0 fully saturated rings. The normalized spacial score (nSPS) is 16.7. The van der Waals surface area contributed by atoms with Gasteiger partial charge in [-0.05, 0) is 158 Å². The van der Waals surface area contributed by atoms with E-state index in [1.165, 1.54) is 95.9 Å². The molecule has 8 aromatic carbocycles. The van der Waals surface area contributed by atoms with Gasteiger partial charge in [0.15, 0.2) is 0 Å². The van der Waals surface area contributed by atoms with E-state index < -0.39 is 0 Å². The Hall–Kier alpha value is -6.98. The number of hydrogen-bond acceptors (Lipinski definition) is 4. The van der Waals surface area contributed by atoms with Crippen LogP contribution in [0.3, 0.4) is 0 Å². The summed E-state index contributed by atoms with van der Waals surface area (Å²) in [5.41, 5.74) is 25.9. The number of para-hydroxylation sites is 3. The summed E-state index contributed by atoms with van der Waals surface area (Å²) in [5, 5.41) is 2.27. The van der Waals surface area contributed by atoms with Crippen molar-refractivity contribution < 1.29 is 4.42 Å². The number of rotatable bonds is 4. The molecule has 5 heteroatoms. The highest BCUT2D eigenvalue weighted by Gasteiger charge is 2.51. The van der Waals surface area contributed by atoms with Gasteiger partial charge in [-0.1, -0.05) is 168 Å². The predicted octanol–water partition coefficient (Wildman–Crippen LogP) is 17.7. The molecule has 73 heavy (non-hydrogen) atoms. The lowest BCUT2D eigenvalue weighted by molar-refractivity contribution is 0.332. The lowest BCUT2D eigenvalue weighted by Gasteiger charge is -2.51. The fourth-order valence-electron chi connectivity index (χ4n) is 13.3. The highest BCUT2D eigenvalue weighted by Crippen LogP contribution is 2.57. The van der Waals surface area contributed by atoms with Crippen molar-refractivity contribution in [1.82, 2.24) is 0 Å². The van der Waals surface area contributed by atoms with Crippen LogP contribution in [0.25, 0.3) is 33.1 Å². The fourth-order valence-corrected chi connectivity index (χ4v) is 13.3. The predicted molar refractivity (Wildman–Crippen MR) is 312 cm³/mol. The number of furan rings is 1. The van der Waals surface area contributed by atoms with Gasteiger partial charge in [-0.15, -0.1) is 0 Å². The summed E-state index contributed by atoms with van der Waals surface area (Å²) >= 11 is 0. The maximum atomic E-state index is 6.88. The topological polar surface area (TPSA) is 22.9 Å². The van der Waals surface area contributed by atoms with E-state index in [0.29, 0.717) is 0 Å². The van der Waals surface area contributed by atoms with Crippen molar-refractivity contribution in [2.24, 2.45) is 0 Å². The van der Waals surface area contributed by atoms with Gasteiger partial charge in [0.2, 0.25) is 0 Å². The molecule has 9 aromatic rings. The zero-order chi connectivity index (χ0) is 50.9. The standard InChI is InChI=1S/C68H68BN3O/c1-41-35-53-54(67(10,11)34-33-66(53,8)9)39-57(41)72-58-40-61-49(47-19-14-17-24-60(47)73-61)38-48(58)50-36-46(70(44-29-25-42(26-30-44)64(2,3)4)45-31-27-43(28-32-45)65(5,6)7)37-59-62(50)69(72)55-22-18-21-52-63(55)71(59)56-23-16-15-20-51(56)68(52,12)13/h14-32,35-40H,33-34H2,1-13H3. The minimum atomic E-state index is -0.249. The average molecular weight is 954 g/mol. The van der Waals surface area contributed by atoms with E-state index in [1.807, 2.05) is 0 Å². The number of anilines is 8. The maximum absolute atomic E-state index is 6.88. The number of aryl methyl sites for hydroxylation is 1. The molecule has 0 radical (unpaired) electrons. The van der Waals surface area contributed by atoms with E-state index in [0.717, 1.165) is 45.4 Å². The van der Waals surface area contributed by atoms with E-state index in [9.17, 15) is 0 Å². The van der Waals surface area contributed by atoms with Crippen LogP contribution < -0.4 is 25.5 Å². The molecule has 13 rings (SSSR count). The minimum Gasteiger partial charge on any atom is -0.456 e. The van der Waals surface area contributed by atoms with Gasteiger partial charge in [-0.3, -0.25) is 0 Å². The van der Waals surface area contributed by atoms with Gasteiger partial charge in [0, 0.05) is 67.6 Å². The van der Waals surface area contributed by atoms with Crippen LogP contribution >= 0.6 is 0 Å². The number of benzene rings is 8. The number of hydrogen-bond donors (Lipinski definition) is 0. The summed E-state index contributed by atoms with van der Waals surface area (Å²) in [7, 11) is 0. The molecule has 0 N–H and O–H groups in total. The lowest BCUT2D eigenvalue weighted by Crippen LogP contribution is -2.62. The molecule has 0 atom stereocenters. The Bertz CT molecular complexity index is 3710. The molecule has 1 aromatic heterocycles. The Morgan fingerprint density at radius 2 is 1.10 bits per heavy atom. The summed E-state index contributed by atoms with van der Waals surface area (Å²) in [6.45, 7) is 30.7. The Balaban J connectivity index is 1.17. The summed E-state index contributed by atoms with van der Waals surface area (Å²) in [4.78, 5) is 7.88. The molecular weight excluding hydrogens is 886 g/mol. The third kappa shape index (κ3) is 6.72. The van der Waals surface area contributed by atoms with Crippen LogP contribution in [-0.2, 0) is 27.1 Å². The van der Waals surface area contributed by atoms with Gasteiger partial charge in [0.1, 0.15) is 11.2 Å². The molecule has 0 unspecified atom stereocenters. The second kappa shape index (κ2) is 15.3. The van der Waals surface area contributed by atoms with E-state index >= 15 is 0 Å². The molecule has 0 saturated heterocycles. The van der Waals surface area contributed by atoms with Crippen LogP contribution in [0.2, 0.25) is 0 Å². The van der Waals surface area contributed by atoms with Gasteiger partial charge in [-0.2, -0.15) is 0 Å². The van der Waals surface area contributed by atoms with Gasteiger partial charge < -0.3 is 19.0 Å². The second-order valence-corrected chi connectivity index (χ2v) is 25.8. The van der Waals surface area contributed by atoms with Crippen molar-refractivity contribution in [1.29, 1.82) is 0 Å². The van der Waals surface area contributed by atoms with Crippen LogP contribution in [0.1, 0.15) is 135 Å². The van der Waals surface area contributed by atoms with E-state index in [-0.39, 0.29) is 33.9 Å². The summed E-state index contributed by atoms with van der Waals surface area (Å²) in [5.74, 6) is 0. The molecule has 4 heterocycles. The first-order valence-electron chi connectivity index (χ1n) is 26.7. The third-order valence-corrected chi connectivity index (χ3v) is 17.7. The van der Waals surface area contributed by atoms with E-state index in [1.54, 1.807) is 0 Å². The van der Waals surface area contributed by atoms with Crippen molar-refractivity contribution in [3.05, 3.63) is 191 Å². The minimum absolute atomic E-state index is 0.0176. The monoisotopic (exact) mass is 954 g/mol. The largest absolute Gasteiger partial charge is 0.456 e. The molecule has 4 nitrogen and oxygen atoms in total. The summed E-state index contributed by atoms with van der Waals surface area (Å²) in [6.07, 6.45) is 2.32. The van der Waals surface area contributed by atoms with E-state index in [4.69, 9.17) is 4.42 Å². The lowest BCUT2D eigenvalue weighted by atomic mass is 9.42. The first kappa shape index (κ1) is 45.9. The second-order valence-electron chi connectivity index (χ2n) is 25.8. The highest BCUT2D eigenvalue weighted by atomic mass is 16.3. The smallest absolute Gasteiger partial charge is 0.333 e. The zero-order valence-electron chi connectivity index (χ0n) is 45.2. The summed E-state index contributed by atoms with van der Waals surface area (Å²) in [6, 6.07) is 58.5. The Morgan fingerprint density at radius 3 is 1.75 bits per heavy atom. The van der Waals surface area contributed by atoms with Crippen molar-refractivity contribution in [3.8, 4) is 11.1 Å². The third-order valence-electron chi connectivity index (χ3n) is 17.7. The quantitative estimate of drug-likeness (QED) is 0.164. The first-order valence-corrected chi connectivity index (χ1v) is 26.7. The Morgan fingerprint density at radius 1 is 0.493 bits per heavy atom. The Labute approximate surface area is 433 Å². The molecule has 4 aliphatic rings. The van der Waals surface area contributed by atoms with Crippen LogP contribution in [0, 0.1) is 6.92 Å². The van der Waals surface area contributed by atoms with Crippen molar-refractivity contribution in [2.45, 2.75) is 130 Å². The van der Waals surface area contributed by atoms with Gasteiger partial charge >= 0.3 is 6.85 Å². The Kier molecular flexibility index (Phi) is 9.61. The van der Waals surface area contributed by atoms with Crippen LogP contribution in [0.15, 0.2) is 156 Å². The fraction of sp³-hybridized carbons (Fsp3) is 0.294. The van der Waals surface area contributed by atoms with Gasteiger partial charge in [0.05, 0.1) is 5.69 Å². The number of nitrogens with zero attached hydrogens (tertiary/aromatic N) is 3. The SMILES string of the molecule is Cc1cc2c(cc1N1B3c4cccc5c4N(c4ccccc4C5(C)C)c4cc(N(c5ccc(C(C)(C)C)cc5)c5ccc(C(C)(C)C)cc5)cc(c43)-c3cc4c(cc31)oc1ccccc14)C(C)(C)CCC2(C)C. The molecule has 364 valence electrons. The molecule has 0 saturated carbocycles. The van der Waals surface area contributed by atoms with Crippen molar-refractivity contribution >= 4 is 85.2 Å². The average Bonchev–Trinajstić information content (AvgIpc) is 3.72. The highest BCUT2D eigenvalue weighted by molar-refractivity contribution is 6.93. The van der Waals surface area contributed by atoms with Crippen molar-refractivity contribution in [3.63, 3.8) is 0 Å². The molecule has 0 spiro atoms. The molecule has 0 bridgehead atoms. The van der Waals surface area contributed by atoms with Crippen LogP contribution in [0.5, 0.6) is 0 Å². The molecular formula is C68H68BN3O. The van der Waals surface area contributed by atoms with Gasteiger partial charge in [0.25, 0.3) is 0 Å². The van der Waals surface area contributed by atoms with E-state index in [2.05, 4.69) is 256 Å². The van der Waals surface area contributed by atoms with Gasteiger partial charge in [-0.25, -0.2) is 0 Å². The van der Waals surface area contributed by atoms with Crippen LogP contribution in [0.4, 0.5) is 45.5 Å².